The van der Waals surface area contributed by atoms with Crippen LogP contribution in [-0.2, 0) is 10.0 Å². The van der Waals surface area contributed by atoms with E-state index in [1.165, 1.54) is 12.1 Å². The van der Waals surface area contributed by atoms with E-state index in [-0.39, 0.29) is 10.9 Å². The Labute approximate surface area is 123 Å². The molecule has 0 unspecified atom stereocenters. The van der Waals surface area contributed by atoms with Crippen LogP contribution < -0.4 is 10.0 Å². The molecule has 7 nitrogen and oxygen atoms in total. The summed E-state index contributed by atoms with van der Waals surface area (Å²) in [5, 5.41) is 14.2. The second-order valence-electron chi connectivity index (χ2n) is 5.12. The molecule has 1 fully saturated rings. The Morgan fingerprint density at radius 3 is 2.62 bits per heavy atom. The molecular formula is C13H19N3O4S. The zero-order chi connectivity index (χ0) is 15.5. The van der Waals surface area contributed by atoms with E-state index < -0.39 is 20.6 Å². The highest BCUT2D eigenvalue weighted by molar-refractivity contribution is 7.89. The molecule has 1 aliphatic carbocycles. The van der Waals surface area contributed by atoms with Crippen LogP contribution in [0.5, 0.6) is 0 Å². The van der Waals surface area contributed by atoms with E-state index in [4.69, 9.17) is 0 Å². The lowest BCUT2D eigenvalue weighted by Crippen LogP contribution is -2.39. The number of rotatable bonds is 7. The number of anilines is 1. The molecule has 1 aromatic carbocycles. The molecule has 0 heterocycles. The third-order valence-corrected chi connectivity index (χ3v) is 5.02. The van der Waals surface area contributed by atoms with Gasteiger partial charge in [-0.25, -0.2) is 13.1 Å². The number of nitrogens with one attached hydrogen (secondary N) is 2. The maximum absolute atomic E-state index is 12.3. The van der Waals surface area contributed by atoms with Crippen molar-refractivity contribution < 1.29 is 13.3 Å². The summed E-state index contributed by atoms with van der Waals surface area (Å²) in [6.07, 6.45) is 3.42. The Hall–Kier alpha value is -1.67. The van der Waals surface area contributed by atoms with Gasteiger partial charge >= 0.3 is 0 Å². The predicted octanol–water partition coefficient (Wildman–Crippen LogP) is 2.25. The molecule has 1 aromatic rings. The van der Waals surface area contributed by atoms with Crippen molar-refractivity contribution in [3.63, 3.8) is 0 Å². The number of nitrogens with zero attached hydrogens (tertiary/aromatic N) is 1. The van der Waals surface area contributed by atoms with Gasteiger partial charge in [-0.05, 0) is 31.4 Å². The molecule has 2 rings (SSSR count). The van der Waals surface area contributed by atoms with E-state index in [1.54, 1.807) is 6.07 Å². The fourth-order valence-corrected chi connectivity index (χ4v) is 3.53. The van der Waals surface area contributed by atoms with Crippen LogP contribution in [0.25, 0.3) is 0 Å². The summed E-state index contributed by atoms with van der Waals surface area (Å²) >= 11 is 0. The predicted molar refractivity (Wildman–Crippen MR) is 79.8 cm³/mol. The van der Waals surface area contributed by atoms with Gasteiger partial charge in [0.05, 0.1) is 4.92 Å². The highest BCUT2D eigenvalue weighted by Gasteiger charge is 2.30. The van der Waals surface area contributed by atoms with Gasteiger partial charge in [0, 0.05) is 24.3 Å². The first-order valence-electron chi connectivity index (χ1n) is 6.98. The quantitative estimate of drug-likeness (QED) is 0.594. The van der Waals surface area contributed by atoms with Crippen LogP contribution in [0.15, 0.2) is 23.1 Å². The standard InChI is InChI=1S/C13H19N3O4S/c1-2-8-14-11-6-7-13(12(9-11)16(17)18)21(19,20)15-10-4-3-5-10/h6-7,9-10,14-15H,2-5,8H2,1H3. The summed E-state index contributed by atoms with van der Waals surface area (Å²) in [6.45, 7) is 2.65. The maximum Gasteiger partial charge on any atom is 0.291 e. The largest absolute Gasteiger partial charge is 0.385 e. The number of hydrogen-bond donors (Lipinski definition) is 2. The van der Waals surface area contributed by atoms with Crippen molar-refractivity contribution in [1.82, 2.24) is 4.72 Å². The van der Waals surface area contributed by atoms with Gasteiger partial charge < -0.3 is 5.32 Å². The van der Waals surface area contributed by atoms with E-state index in [1.807, 2.05) is 6.92 Å². The fourth-order valence-electron chi connectivity index (χ4n) is 2.08. The molecule has 1 saturated carbocycles. The van der Waals surface area contributed by atoms with Crippen LogP contribution >= 0.6 is 0 Å². The molecule has 0 bridgehead atoms. The number of benzene rings is 1. The Morgan fingerprint density at radius 1 is 1.38 bits per heavy atom. The summed E-state index contributed by atoms with van der Waals surface area (Å²) in [4.78, 5) is 10.2. The summed E-state index contributed by atoms with van der Waals surface area (Å²) in [5.74, 6) is 0. The first kappa shape index (κ1) is 15.7. The topological polar surface area (TPSA) is 101 Å². The molecule has 1 aliphatic rings. The number of nitro groups is 1. The highest BCUT2D eigenvalue weighted by Crippen LogP contribution is 2.29. The van der Waals surface area contributed by atoms with E-state index in [0.29, 0.717) is 12.2 Å². The lowest BCUT2D eigenvalue weighted by molar-refractivity contribution is -0.387. The molecular weight excluding hydrogens is 294 g/mol. The van der Waals surface area contributed by atoms with Gasteiger partial charge in [-0.15, -0.1) is 0 Å². The molecule has 0 radical (unpaired) electrons. The summed E-state index contributed by atoms with van der Waals surface area (Å²) in [5.41, 5.74) is 0.147. The van der Waals surface area contributed by atoms with E-state index in [2.05, 4.69) is 10.0 Å². The third-order valence-electron chi connectivity index (χ3n) is 3.45. The lowest BCUT2D eigenvalue weighted by Gasteiger charge is -2.26. The second kappa shape index (κ2) is 6.40. The molecule has 116 valence electrons. The maximum atomic E-state index is 12.3. The average molecular weight is 313 g/mol. The van der Waals surface area contributed by atoms with Crippen molar-refractivity contribution in [3.05, 3.63) is 28.3 Å². The van der Waals surface area contributed by atoms with Crippen molar-refractivity contribution in [1.29, 1.82) is 0 Å². The summed E-state index contributed by atoms with van der Waals surface area (Å²) in [7, 11) is -3.85. The van der Waals surface area contributed by atoms with Gasteiger partial charge in [0.15, 0.2) is 4.90 Å². The highest BCUT2D eigenvalue weighted by atomic mass is 32.2. The monoisotopic (exact) mass is 313 g/mol. The smallest absolute Gasteiger partial charge is 0.291 e. The lowest BCUT2D eigenvalue weighted by atomic mass is 9.94. The SMILES string of the molecule is CCCNc1ccc(S(=O)(=O)NC2CCC2)c([N+](=O)[O-])c1. The fraction of sp³-hybridized carbons (Fsp3) is 0.538. The second-order valence-corrected chi connectivity index (χ2v) is 6.80. The summed E-state index contributed by atoms with van der Waals surface area (Å²) < 4.78 is 27.0. The van der Waals surface area contributed by atoms with Crippen molar-refractivity contribution in [2.24, 2.45) is 0 Å². The number of sulfonamides is 1. The molecule has 0 spiro atoms. The minimum absolute atomic E-state index is 0.104. The Morgan fingerprint density at radius 2 is 2.10 bits per heavy atom. The Bertz CT molecular complexity index is 626. The zero-order valence-electron chi connectivity index (χ0n) is 11.8. The van der Waals surface area contributed by atoms with Crippen LogP contribution in [0.4, 0.5) is 11.4 Å². The van der Waals surface area contributed by atoms with E-state index >= 15 is 0 Å². The normalized spacial score (nSPS) is 15.5. The zero-order valence-corrected chi connectivity index (χ0v) is 12.6. The molecule has 0 aromatic heterocycles. The minimum Gasteiger partial charge on any atom is -0.385 e. The Balaban J connectivity index is 2.30. The summed E-state index contributed by atoms with van der Waals surface area (Å²) in [6, 6.07) is 4.01. The first-order valence-corrected chi connectivity index (χ1v) is 8.47. The van der Waals surface area contributed by atoms with Crippen molar-refractivity contribution in [2.45, 2.75) is 43.5 Å². The third kappa shape index (κ3) is 3.70. The van der Waals surface area contributed by atoms with Gasteiger partial charge in [0.2, 0.25) is 10.0 Å². The van der Waals surface area contributed by atoms with Crippen molar-refractivity contribution in [2.75, 3.05) is 11.9 Å². The average Bonchev–Trinajstić information content (AvgIpc) is 2.40. The molecule has 0 saturated heterocycles. The van der Waals surface area contributed by atoms with E-state index in [0.717, 1.165) is 25.7 Å². The van der Waals surface area contributed by atoms with Gasteiger partial charge in [0.25, 0.3) is 5.69 Å². The van der Waals surface area contributed by atoms with Gasteiger partial charge in [-0.3, -0.25) is 10.1 Å². The van der Waals surface area contributed by atoms with Gasteiger partial charge in [0.1, 0.15) is 0 Å². The van der Waals surface area contributed by atoms with Gasteiger partial charge in [-0.1, -0.05) is 13.3 Å². The van der Waals surface area contributed by atoms with Crippen molar-refractivity contribution >= 4 is 21.4 Å². The number of nitro benzene ring substituents is 1. The van der Waals surface area contributed by atoms with Crippen molar-refractivity contribution in [3.8, 4) is 0 Å². The number of hydrogen-bond acceptors (Lipinski definition) is 5. The molecule has 21 heavy (non-hydrogen) atoms. The molecule has 0 aliphatic heterocycles. The molecule has 0 atom stereocenters. The van der Waals surface area contributed by atoms with Gasteiger partial charge in [-0.2, -0.15) is 0 Å². The molecule has 8 heteroatoms. The van der Waals surface area contributed by atoms with Crippen LogP contribution in [0, 0.1) is 10.1 Å². The molecule has 2 N–H and O–H groups in total. The van der Waals surface area contributed by atoms with Crippen LogP contribution in [0.1, 0.15) is 32.6 Å². The van der Waals surface area contributed by atoms with E-state index in [9.17, 15) is 18.5 Å². The Kier molecular flexibility index (Phi) is 4.79. The van der Waals surface area contributed by atoms with Crippen LogP contribution in [0.3, 0.4) is 0 Å². The van der Waals surface area contributed by atoms with Crippen LogP contribution in [0.2, 0.25) is 0 Å². The minimum atomic E-state index is -3.85. The molecule has 0 amide bonds. The first-order chi connectivity index (χ1) is 9.94. The van der Waals surface area contributed by atoms with Crippen LogP contribution in [-0.4, -0.2) is 25.9 Å².